The third kappa shape index (κ3) is 3.39. The Bertz CT molecular complexity index is 522. The van der Waals surface area contributed by atoms with Crippen LogP contribution in [0.5, 0.6) is 0 Å². The van der Waals surface area contributed by atoms with Crippen molar-refractivity contribution in [1.82, 2.24) is 14.1 Å². The first kappa shape index (κ1) is 15.5. The molecule has 20 heavy (non-hydrogen) atoms. The van der Waals surface area contributed by atoms with Gasteiger partial charge in [-0.15, -0.1) is 0 Å². The van der Waals surface area contributed by atoms with Crippen LogP contribution in [-0.4, -0.2) is 42.1 Å². The summed E-state index contributed by atoms with van der Waals surface area (Å²) in [6.45, 7) is 4.25. The maximum atomic E-state index is 12.6. The minimum atomic E-state index is -3.41. The molecule has 1 aliphatic rings. The van der Waals surface area contributed by atoms with Crippen LogP contribution in [0.15, 0.2) is 17.3 Å². The summed E-state index contributed by atoms with van der Waals surface area (Å²) in [4.78, 5) is 0.288. The van der Waals surface area contributed by atoms with E-state index in [1.165, 1.54) is 12.6 Å². The Balaban J connectivity index is 2.08. The normalized spacial score (nSPS) is 16.6. The van der Waals surface area contributed by atoms with Crippen molar-refractivity contribution in [3.63, 3.8) is 0 Å². The lowest BCUT2D eigenvalue weighted by atomic mass is 9.85. The van der Waals surface area contributed by atoms with E-state index in [1.54, 1.807) is 15.2 Å². The van der Waals surface area contributed by atoms with Crippen LogP contribution in [-0.2, 0) is 16.6 Å². The Morgan fingerprint density at radius 3 is 2.80 bits per heavy atom. The van der Waals surface area contributed by atoms with Crippen LogP contribution in [0.2, 0.25) is 0 Å². The Labute approximate surface area is 121 Å². The highest BCUT2D eigenvalue weighted by molar-refractivity contribution is 7.89. The van der Waals surface area contributed by atoms with E-state index >= 15 is 0 Å². The van der Waals surface area contributed by atoms with E-state index in [4.69, 9.17) is 5.73 Å². The van der Waals surface area contributed by atoms with Gasteiger partial charge in [0, 0.05) is 25.8 Å². The van der Waals surface area contributed by atoms with Crippen molar-refractivity contribution in [2.75, 3.05) is 19.6 Å². The first-order chi connectivity index (χ1) is 9.57. The Hall–Kier alpha value is -0.920. The van der Waals surface area contributed by atoms with Gasteiger partial charge in [0.05, 0.1) is 6.20 Å². The molecule has 1 aliphatic carbocycles. The molecule has 1 heterocycles. The van der Waals surface area contributed by atoms with Crippen molar-refractivity contribution < 1.29 is 8.42 Å². The highest BCUT2D eigenvalue weighted by Crippen LogP contribution is 2.29. The molecule has 6 nitrogen and oxygen atoms in total. The SMILES string of the molecule is CCN(CC1CCC1)S(=O)(=O)c1cnn(CCCN)c1. The molecule has 0 unspecified atom stereocenters. The topological polar surface area (TPSA) is 81.2 Å². The fourth-order valence-corrected chi connectivity index (χ4v) is 3.84. The summed E-state index contributed by atoms with van der Waals surface area (Å²) in [5.41, 5.74) is 5.45. The second-order valence-electron chi connectivity index (χ2n) is 5.33. The molecule has 114 valence electrons. The number of sulfonamides is 1. The smallest absolute Gasteiger partial charge is 0.246 e. The van der Waals surface area contributed by atoms with E-state index in [0.717, 1.165) is 19.3 Å². The van der Waals surface area contributed by atoms with Crippen molar-refractivity contribution >= 4 is 10.0 Å². The van der Waals surface area contributed by atoms with Crippen molar-refractivity contribution in [2.24, 2.45) is 11.7 Å². The molecule has 0 saturated heterocycles. The van der Waals surface area contributed by atoms with Crippen LogP contribution in [0.1, 0.15) is 32.6 Å². The predicted octanol–water partition coefficient (Wildman–Crippen LogP) is 1.04. The maximum Gasteiger partial charge on any atom is 0.246 e. The van der Waals surface area contributed by atoms with Gasteiger partial charge in [0.1, 0.15) is 4.90 Å². The summed E-state index contributed by atoms with van der Waals surface area (Å²) in [6.07, 6.45) is 7.34. The number of hydrogen-bond acceptors (Lipinski definition) is 4. The summed E-state index contributed by atoms with van der Waals surface area (Å²) in [7, 11) is -3.41. The lowest BCUT2D eigenvalue weighted by Gasteiger charge is -2.30. The minimum absolute atomic E-state index is 0.288. The van der Waals surface area contributed by atoms with E-state index in [2.05, 4.69) is 5.10 Å². The molecule has 1 aromatic rings. The van der Waals surface area contributed by atoms with Gasteiger partial charge in [-0.25, -0.2) is 8.42 Å². The summed E-state index contributed by atoms with van der Waals surface area (Å²) in [5.74, 6) is 0.525. The molecule has 0 amide bonds. The van der Waals surface area contributed by atoms with Crippen LogP contribution in [0, 0.1) is 5.92 Å². The van der Waals surface area contributed by atoms with Crippen molar-refractivity contribution in [3.8, 4) is 0 Å². The Kier molecular flexibility index (Phi) is 5.17. The average Bonchev–Trinajstić information content (AvgIpc) is 2.84. The van der Waals surface area contributed by atoms with E-state index in [0.29, 0.717) is 32.1 Å². The van der Waals surface area contributed by atoms with Gasteiger partial charge in [-0.1, -0.05) is 13.3 Å². The van der Waals surface area contributed by atoms with Gasteiger partial charge in [0.2, 0.25) is 10.0 Å². The number of nitrogens with zero attached hydrogens (tertiary/aromatic N) is 3. The molecule has 0 aromatic carbocycles. The summed E-state index contributed by atoms with van der Waals surface area (Å²) < 4.78 is 28.4. The molecule has 0 atom stereocenters. The number of hydrogen-bond donors (Lipinski definition) is 1. The van der Waals surface area contributed by atoms with Crippen LogP contribution in [0.25, 0.3) is 0 Å². The van der Waals surface area contributed by atoms with E-state index < -0.39 is 10.0 Å². The van der Waals surface area contributed by atoms with E-state index in [1.807, 2.05) is 6.92 Å². The van der Waals surface area contributed by atoms with Gasteiger partial charge in [0.25, 0.3) is 0 Å². The molecule has 0 radical (unpaired) electrons. The van der Waals surface area contributed by atoms with E-state index in [9.17, 15) is 8.42 Å². The molecule has 7 heteroatoms. The zero-order valence-corrected chi connectivity index (χ0v) is 12.8. The summed E-state index contributed by atoms with van der Waals surface area (Å²) in [5, 5.41) is 4.11. The highest BCUT2D eigenvalue weighted by Gasteiger charge is 2.29. The van der Waals surface area contributed by atoms with Crippen molar-refractivity contribution in [2.45, 2.75) is 44.0 Å². The molecule has 0 aliphatic heterocycles. The first-order valence-electron chi connectivity index (χ1n) is 7.30. The molecule has 1 fully saturated rings. The third-order valence-corrected chi connectivity index (χ3v) is 5.77. The van der Waals surface area contributed by atoms with Gasteiger partial charge in [0.15, 0.2) is 0 Å². The predicted molar refractivity (Wildman–Crippen MR) is 77.7 cm³/mol. The second kappa shape index (κ2) is 6.69. The van der Waals surface area contributed by atoms with E-state index in [-0.39, 0.29) is 4.90 Å². The Morgan fingerprint density at radius 1 is 1.50 bits per heavy atom. The standard InChI is InChI=1S/C13H24N4O2S/c1-2-17(10-12-5-3-6-12)20(18,19)13-9-15-16(11-13)8-4-7-14/h9,11-12H,2-8,10,14H2,1H3. The Morgan fingerprint density at radius 2 is 2.25 bits per heavy atom. The van der Waals surface area contributed by atoms with Gasteiger partial charge in [-0.2, -0.15) is 9.40 Å². The van der Waals surface area contributed by atoms with Crippen LogP contribution >= 0.6 is 0 Å². The molecule has 1 saturated carbocycles. The summed E-state index contributed by atoms with van der Waals surface area (Å²) in [6, 6.07) is 0. The van der Waals surface area contributed by atoms with Crippen LogP contribution in [0.3, 0.4) is 0 Å². The molecule has 1 aromatic heterocycles. The zero-order chi connectivity index (χ0) is 14.6. The van der Waals surface area contributed by atoms with Crippen LogP contribution in [0.4, 0.5) is 0 Å². The fourth-order valence-electron chi connectivity index (χ4n) is 2.36. The zero-order valence-electron chi connectivity index (χ0n) is 12.0. The quantitative estimate of drug-likeness (QED) is 0.778. The number of nitrogens with two attached hydrogens (primary N) is 1. The van der Waals surface area contributed by atoms with Gasteiger partial charge in [-0.3, -0.25) is 4.68 Å². The lowest BCUT2D eigenvalue weighted by Crippen LogP contribution is -2.37. The molecular formula is C13H24N4O2S. The van der Waals surface area contributed by atoms with Crippen molar-refractivity contribution in [1.29, 1.82) is 0 Å². The number of aryl methyl sites for hydroxylation is 1. The van der Waals surface area contributed by atoms with Crippen molar-refractivity contribution in [3.05, 3.63) is 12.4 Å². The molecular weight excluding hydrogens is 276 g/mol. The third-order valence-electron chi connectivity index (χ3n) is 3.88. The van der Waals surface area contributed by atoms with Crippen LogP contribution < -0.4 is 5.73 Å². The monoisotopic (exact) mass is 300 g/mol. The highest BCUT2D eigenvalue weighted by atomic mass is 32.2. The number of aromatic nitrogens is 2. The fraction of sp³-hybridized carbons (Fsp3) is 0.769. The molecule has 0 spiro atoms. The molecule has 0 bridgehead atoms. The van der Waals surface area contributed by atoms with Gasteiger partial charge >= 0.3 is 0 Å². The number of rotatable bonds is 8. The maximum absolute atomic E-state index is 12.6. The summed E-state index contributed by atoms with van der Waals surface area (Å²) >= 11 is 0. The second-order valence-corrected chi connectivity index (χ2v) is 7.27. The van der Waals surface area contributed by atoms with Gasteiger partial charge in [-0.05, 0) is 31.7 Å². The molecule has 2 rings (SSSR count). The minimum Gasteiger partial charge on any atom is -0.330 e. The van der Waals surface area contributed by atoms with Gasteiger partial charge < -0.3 is 5.73 Å². The largest absolute Gasteiger partial charge is 0.330 e. The average molecular weight is 300 g/mol. The first-order valence-corrected chi connectivity index (χ1v) is 8.74. The molecule has 2 N–H and O–H groups in total. The lowest BCUT2D eigenvalue weighted by molar-refractivity contribution is 0.250.